The van der Waals surface area contributed by atoms with Crippen LogP contribution in [0.1, 0.15) is 120 Å². The normalized spacial score (nSPS) is 42.0. The lowest BCUT2D eigenvalue weighted by Gasteiger charge is -2.49. The van der Waals surface area contributed by atoms with Crippen LogP contribution in [0.15, 0.2) is 36.5 Å². The molecular formula is C49H79N3O13. The highest BCUT2D eigenvalue weighted by molar-refractivity contribution is 5.83. The summed E-state index contributed by atoms with van der Waals surface area (Å²) >= 11 is 0. The van der Waals surface area contributed by atoms with Gasteiger partial charge in [0.25, 0.3) is 0 Å². The number of Topliss-reactive ketones (excluding diaryl/α,β-unsaturated/α-hetero) is 1. The first-order chi connectivity index (χ1) is 30.4. The van der Waals surface area contributed by atoms with Gasteiger partial charge in [0.05, 0.1) is 53.3 Å². The fourth-order valence-electron chi connectivity index (χ4n) is 10.6. The highest BCUT2D eigenvalue weighted by Gasteiger charge is 2.53. The minimum Gasteiger partial charge on any atom is -0.459 e. The lowest BCUT2D eigenvalue weighted by molar-refractivity contribution is -0.319. The molecule has 4 heterocycles. The summed E-state index contributed by atoms with van der Waals surface area (Å²) < 4.78 is 39.7. The molecule has 3 saturated heterocycles. The first kappa shape index (κ1) is 53.1. The molecule has 3 aliphatic rings. The van der Waals surface area contributed by atoms with Gasteiger partial charge in [-0.3, -0.25) is 14.3 Å². The van der Waals surface area contributed by atoms with Crippen molar-refractivity contribution in [2.45, 2.75) is 206 Å². The Morgan fingerprint density at radius 1 is 0.923 bits per heavy atom. The molecule has 19 atom stereocenters. The maximum absolute atomic E-state index is 14.3. The number of methoxy groups -OCH3 is 1. The summed E-state index contributed by atoms with van der Waals surface area (Å²) in [5, 5.41) is 67.9. The van der Waals surface area contributed by atoms with Gasteiger partial charge in [-0.2, -0.15) is 0 Å². The number of hydrogen-bond donors (Lipinski definition) is 5. The number of benzene rings is 1. The van der Waals surface area contributed by atoms with Crippen molar-refractivity contribution in [1.82, 2.24) is 15.0 Å². The number of aromatic nitrogens is 3. The quantitative estimate of drug-likeness (QED) is 0.174. The second-order valence-electron chi connectivity index (χ2n) is 20.3. The van der Waals surface area contributed by atoms with Crippen molar-refractivity contribution in [3.63, 3.8) is 0 Å². The minimum absolute atomic E-state index is 0.0762. The van der Waals surface area contributed by atoms with E-state index in [0.717, 1.165) is 18.5 Å². The summed E-state index contributed by atoms with van der Waals surface area (Å²) in [6.07, 6.45) is -5.83. The molecule has 0 spiro atoms. The van der Waals surface area contributed by atoms with Gasteiger partial charge in [0.1, 0.15) is 29.7 Å². The number of cyclic esters (lactones) is 1. The molecule has 5 N–H and O–H groups in total. The molecule has 2 aromatic rings. The molecule has 368 valence electrons. The smallest absolute Gasteiger partial charge is 0.311 e. The molecule has 16 heteroatoms. The van der Waals surface area contributed by atoms with Crippen molar-refractivity contribution in [3.05, 3.63) is 47.8 Å². The van der Waals surface area contributed by atoms with E-state index in [-0.39, 0.29) is 37.2 Å². The Hall–Kier alpha value is -2.90. The molecule has 1 unspecified atom stereocenters. The first-order valence-electron chi connectivity index (χ1n) is 23.8. The summed E-state index contributed by atoms with van der Waals surface area (Å²) in [7, 11) is 1.49. The fourth-order valence-corrected chi connectivity index (χ4v) is 10.6. The molecule has 0 radical (unpaired) electrons. The second kappa shape index (κ2) is 22.0. The van der Waals surface area contributed by atoms with E-state index < -0.39 is 108 Å². The van der Waals surface area contributed by atoms with Gasteiger partial charge in [-0.1, -0.05) is 70.2 Å². The van der Waals surface area contributed by atoms with Crippen molar-refractivity contribution >= 4 is 11.8 Å². The van der Waals surface area contributed by atoms with Crippen LogP contribution in [-0.4, -0.2) is 138 Å². The van der Waals surface area contributed by atoms with Crippen LogP contribution in [0.2, 0.25) is 0 Å². The molecule has 1 aromatic heterocycles. The number of ketones is 1. The number of hydrogen-bond acceptors (Lipinski definition) is 15. The van der Waals surface area contributed by atoms with E-state index in [1.165, 1.54) is 33.4 Å². The lowest BCUT2D eigenvalue weighted by atomic mass is 9.74. The van der Waals surface area contributed by atoms with Gasteiger partial charge in [-0.15, -0.1) is 5.10 Å². The molecule has 0 aliphatic carbocycles. The van der Waals surface area contributed by atoms with Crippen LogP contribution in [0.25, 0.3) is 0 Å². The maximum Gasteiger partial charge on any atom is 0.311 e. The lowest BCUT2D eigenvalue weighted by Crippen LogP contribution is -2.60. The van der Waals surface area contributed by atoms with Gasteiger partial charge >= 0.3 is 5.97 Å². The number of aryl methyl sites for hydroxylation is 2. The Morgan fingerprint density at radius 2 is 1.60 bits per heavy atom. The van der Waals surface area contributed by atoms with Crippen molar-refractivity contribution < 1.29 is 63.5 Å². The van der Waals surface area contributed by atoms with Crippen molar-refractivity contribution in [3.8, 4) is 0 Å². The largest absolute Gasteiger partial charge is 0.459 e. The first-order valence-corrected chi connectivity index (χ1v) is 23.8. The number of carbonyl (C=O) groups is 2. The van der Waals surface area contributed by atoms with Gasteiger partial charge < -0.3 is 54.0 Å². The van der Waals surface area contributed by atoms with Crippen molar-refractivity contribution in [2.24, 2.45) is 35.5 Å². The molecule has 0 bridgehead atoms. The standard InChI is InChI=1S/C49H79N3O13/c1-13-37-49(11,59)42(55)30(5)39(53)28(3)24-47(9,58)44(31(6)41(32(7)45(57)63-37)64-38-25-48(10,60-12)43(56)33(8)62-38)65-46-40(54)36(23-29(4)61-46)27(2)22-35-26-52(51-50-35)21-17-20-34-18-15-14-16-19-34/h14-16,18-19,26-33,36-38,40-44,46,54-56,58-59H,13,17,20-25H2,1-12H3/t27?,28-,29-,30+,31+,32-,33+,36-,37-,38+,40-,41+,42-,43+,44-,46+,47-,48-,49-/m1/s1. The Labute approximate surface area is 385 Å². The number of rotatable bonds is 13. The summed E-state index contributed by atoms with van der Waals surface area (Å²) in [5.41, 5.74) is -2.88. The molecule has 0 amide bonds. The predicted molar refractivity (Wildman–Crippen MR) is 240 cm³/mol. The van der Waals surface area contributed by atoms with Crippen LogP contribution in [-0.2, 0) is 57.4 Å². The van der Waals surface area contributed by atoms with Crippen LogP contribution in [0.3, 0.4) is 0 Å². The van der Waals surface area contributed by atoms with E-state index in [0.29, 0.717) is 19.4 Å². The SMILES string of the molecule is CC[C@H]1OC(=O)[C@H](C)[C@@H](O[C@H]2C[C@@](C)(OC)[C@@H](O)[C@H](C)O2)[C@H](C)[C@@H](O[C@@H]2O[C@H](C)C[C@H](C(C)Cc3cn(CCCc4ccccc4)nn3)[C@H]2O)[C@](C)(O)C[C@@H](C)C(=O)[C@H](C)[C@@H](O)[C@]1(C)O. The van der Waals surface area contributed by atoms with Gasteiger partial charge in [0.2, 0.25) is 0 Å². The molecule has 1 aromatic carbocycles. The van der Waals surface area contributed by atoms with E-state index in [1.54, 1.807) is 41.5 Å². The fraction of sp³-hybridized carbons (Fsp3) is 0.796. The van der Waals surface area contributed by atoms with E-state index in [9.17, 15) is 35.1 Å². The Balaban J connectivity index is 1.46. The Kier molecular flexibility index (Phi) is 18.0. The van der Waals surface area contributed by atoms with Gasteiger partial charge in [-0.25, -0.2) is 0 Å². The third-order valence-electron chi connectivity index (χ3n) is 14.8. The third-order valence-corrected chi connectivity index (χ3v) is 14.8. The monoisotopic (exact) mass is 918 g/mol. The average Bonchev–Trinajstić information content (AvgIpc) is 3.71. The highest BCUT2D eigenvalue weighted by atomic mass is 16.7. The summed E-state index contributed by atoms with van der Waals surface area (Å²) in [6, 6.07) is 10.3. The number of aliphatic hydroxyl groups excluding tert-OH is 3. The molecule has 0 saturated carbocycles. The van der Waals surface area contributed by atoms with Crippen LogP contribution < -0.4 is 0 Å². The Bertz CT molecular complexity index is 1830. The van der Waals surface area contributed by atoms with Crippen LogP contribution in [0.4, 0.5) is 0 Å². The summed E-state index contributed by atoms with van der Waals surface area (Å²) in [6.45, 7) is 19.2. The molecule has 3 aliphatic heterocycles. The van der Waals surface area contributed by atoms with Crippen LogP contribution in [0.5, 0.6) is 0 Å². The van der Waals surface area contributed by atoms with Gasteiger partial charge in [0.15, 0.2) is 12.6 Å². The van der Waals surface area contributed by atoms with E-state index in [1.807, 2.05) is 36.0 Å². The Morgan fingerprint density at radius 3 is 2.25 bits per heavy atom. The van der Waals surface area contributed by atoms with Crippen molar-refractivity contribution in [1.29, 1.82) is 0 Å². The topological polar surface area (TPSA) is 221 Å². The molecule has 16 nitrogen and oxygen atoms in total. The van der Waals surface area contributed by atoms with Gasteiger partial charge in [0, 0.05) is 44.0 Å². The number of carbonyl (C=O) groups excluding carboxylic acids is 2. The number of ether oxygens (including phenoxy) is 6. The predicted octanol–water partition coefficient (Wildman–Crippen LogP) is 4.57. The average molecular weight is 918 g/mol. The second-order valence-corrected chi connectivity index (χ2v) is 20.3. The summed E-state index contributed by atoms with van der Waals surface area (Å²) in [4.78, 5) is 28.4. The van der Waals surface area contributed by atoms with E-state index >= 15 is 0 Å². The third kappa shape index (κ3) is 12.4. The zero-order valence-electron chi connectivity index (χ0n) is 40.7. The van der Waals surface area contributed by atoms with Crippen molar-refractivity contribution in [2.75, 3.05) is 7.11 Å². The number of nitrogens with zero attached hydrogens (tertiary/aromatic N) is 3. The number of esters is 1. The van der Waals surface area contributed by atoms with Crippen LogP contribution in [0, 0.1) is 35.5 Å². The molecule has 65 heavy (non-hydrogen) atoms. The highest BCUT2D eigenvalue weighted by Crippen LogP contribution is 2.42. The van der Waals surface area contributed by atoms with E-state index in [2.05, 4.69) is 29.4 Å². The minimum atomic E-state index is -2.02. The zero-order chi connectivity index (χ0) is 48.2. The van der Waals surface area contributed by atoms with E-state index in [4.69, 9.17) is 28.4 Å². The maximum atomic E-state index is 14.3. The number of aliphatic hydroxyl groups is 5. The van der Waals surface area contributed by atoms with Crippen LogP contribution >= 0.6 is 0 Å². The van der Waals surface area contributed by atoms with Gasteiger partial charge in [-0.05, 0) is 97.5 Å². The zero-order valence-corrected chi connectivity index (χ0v) is 40.7. The molecular weight excluding hydrogens is 839 g/mol. The molecule has 5 rings (SSSR count). The summed E-state index contributed by atoms with van der Waals surface area (Å²) in [5.74, 6) is -5.53. The molecule has 3 fully saturated rings.